The maximum Gasteiger partial charge on any atom is 0.164 e. The van der Waals surface area contributed by atoms with Gasteiger partial charge in [0.1, 0.15) is 5.76 Å². The molecule has 0 amide bonds. The molecule has 0 atom stereocenters. The molecule has 0 saturated carbocycles. The van der Waals surface area contributed by atoms with Gasteiger partial charge in [-0.2, -0.15) is 0 Å². The van der Waals surface area contributed by atoms with Gasteiger partial charge in [-0.1, -0.05) is 24.3 Å². The highest BCUT2D eigenvalue weighted by Crippen LogP contribution is 2.10. The molecule has 0 unspecified atom stereocenters. The van der Waals surface area contributed by atoms with Gasteiger partial charge in [0.25, 0.3) is 0 Å². The highest BCUT2D eigenvalue weighted by molar-refractivity contribution is 14.1. The SMILES string of the molecule is Cc1ccccc1CNCc1ccc(I)o1. The van der Waals surface area contributed by atoms with Gasteiger partial charge in [0, 0.05) is 6.54 Å². The zero-order valence-corrected chi connectivity index (χ0v) is 11.3. The lowest BCUT2D eigenvalue weighted by atomic mass is 10.1. The third-order valence-electron chi connectivity index (χ3n) is 2.50. The zero-order chi connectivity index (χ0) is 11.4. The second-order valence-electron chi connectivity index (χ2n) is 3.74. The number of benzene rings is 1. The smallest absolute Gasteiger partial charge is 0.164 e. The topological polar surface area (TPSA) is 25.2 Å². The van der Waals surface area contributed by atoms with E-state index in [4.69, 9.17) is 4.42 Å². The minimum absolute atomic E-state index is 0.775. The number of hydrogen-bond donors (Lipinski definition) is 1. The molecule has 0 aliphatic heterocycles. The molecule has 0 aliphatic carbocycles. The van der Waals surface area contributed by atoms with E-state index in [-0.39, 0.29) is 0 Å². The predicted molar refractivity (Wildman–Crippen MR) is 73.1 cm³/mol. The predicted octanol–water partition coefficient (Wildman–Crippen LogP) is 3.48. The molecule has 0 radical (unpaired) electrons. The summed E-state index contributed by atoms with van der Waals surface area (Å²) in [4.78, 5) is 0. The minimum atomic E-state index is 0.775. The first-order valence-electron chi connectivity index (χ1n) is 5.25. The monoisotopic (exact) mass is 327 g/mol. The minimum Gasteiger partial charge on any atom is -0.454 e. The molecule has 84 valence electrons. The normalized spacial score (nSPS) is 10.6. The van der Waals surface area contributed by atoms with Gasteiger partial charge in [0.2, 0.25) is 0 Å². The summed E-state index contributed by atoms with van der Waals surface area (Å²) >= 11 is 2.17. The first-order chi connectivity index (χ1) is 7.75. The Labute approximate surface area is 109 Å². The van der Waals surface area contributed by atoms with Crippen molar-refractivity contribution in [1.29, 1.82) is 0 Å². The highest BCUT2D eigenvalue weighted by atomic mass is 127. The van der Waals surface area contributed by atoms with E-state index in [1.165, 1.54) is 11.1 Å². The number of nitrogens with one attached hydrogen (secondary N) is 1. The van der Waals surface area contributed by atoms with Gasteiger partial charge in [0.05, 0.1) is 6.54 Å². The molecule has 0 aliphatic rings. The Hall–Kier alpha value is -0.810. The molecule has 2 nitrogen and oxygen atoms in total. The van der Waals surface area contributed by atoms with E-state index >= 15 is 0 Å². The largest absolute Gasteiger partial charge is 0.454 e. The van der Waals surface area contributed by atoms with Crippen LogP contribution in [0.15, 0.2) is 40.8 Å². The lowest BCUT2D eigenvalue weighted by Gasteiger charge is -2.05. The molecule has 0 spiro atoms. The van der Waals surface area contributed by atoms with E-state index in [9.17, 15) is 0 Å². The molecule has 0 saturated heterocycles. The van der Waals surface area contributed by atoms with Gasteiger partial charge >= 0.3 is 0 Å². The summed E-state index contributed by atoms with van der Waals surface area (Å²) in [5.41, 5.74) is 2.66. The number of aryl methyl sites for hydroxylation is 1. The van der Waals surface area contributed by atoms with E-state index in [1.807, 2.05) is 12.1 Å². The van der Waals surface area contributed by atoms with Crippen LogP contribution in [0.3, 0.4) is 0 Å². The lowest BCUT2D eigenvalue weighted by molar-refractivity contribution is 0.463. The van der Waals surface area contributed by atoms with Crippen molar-refractivity contribution in [1.82, 2.24) is 5.32 Å². The molecule has 1 heterocycles. The van der Waals surface area contributed by atoms with Crippen LogP contribution in [-0.2, 0) is 13.1 Å². The molecule has 1 N–H and O–H groups in total. The summed E-state index contributed by atoms with van der Waals surface area (Å²) < 4.78 is 6.41. The summed E-state index contributed by atoms with van der Waals surface area (Å²) in [7, 11) is 0. The van der Waals surface area contributed by atoms with E-state index < -0.39 is 0 Å². The number of rotatable bonds is 4. The van der Waals surface area contributed by atoms with Gasteiger partial charge in [-0.05, 0) is 52.8 Å². The fraction of sp³-hybridized carbons (Fsp3) is 0.231. The third-order valence-corrected chi connectivity index (χ3v) is 3.08. The van der Waals surface area contributed by atoms with Crippen LogP contribution in [0.5, 0.6) is 0 Å². The molecule has 1 aromatic heterocycles. The average molecular weight is 327 g/mol. The van der Waals surface area contributed by atoms with Crippen LogP contribution in [0.2, 0.25) is 0 Å². The van der Waals surface area contributed by atoms with Crippen molar-refractivity contribution in [2.75, 3.05) is 0 Å². The summed E-state index contributed by atoms with van der Waals surface area (Å²) in [5, 5.41) is 3.38. The van der Waals surface area contributed by atoms with E-state index in [1.54, 1.807) is 0 Å². The highest BCUT2D eigenvalue weighted by Gasteiger charge is 2.00. The van der Waals surface area contributed by atoms with Crippen LogP contribution in [-0.4, -0.2) is 0 Å². The van der Waals surface area contributed by atoms with Gasteiger partial charge < -0.3 is 9.73 Å². The Morgan fingerprint density at radius 2 is 1.94 bits per heavy atom. The second kappa shape index (κ2) is 5.50. The van der Waals surface area contributed by atoms with Gasteiger partial charge in [-0.25, -0.2) is 0 Å². The standard InChI is InChI=1S/C13H14INO/c1-10-4-2-3-5-11(10)8-15-9-12-6-7-13(14)16-12/h2-7,15H,8-9H2,1H3. The summed E-state index contributed by atoms with van der Waals surface area (Å²) in [5.74, 6) is 0.984. The molecular formula is C13H14INO. The van der Waals surface area contributed by atoms with E-state index in [2.05, 4.69) is 59.1 Å². The summed E-state index contributed by atoms with van der Waals surface area (Å²) in [6.45, 7) is 3.79. The molecule has 2 aromatic rings. The van der Waals surface area contributed by atoms with E-state index in [0.717, 1.165) is 22.6 Å². The van der Waals surface area contributed by atoms with Crippen LogP contribution in [0.25, 0.3) is 0 Å². The molecular weight excluding hydrogens is 313 g/mol. The van der Waals surface area contributed by atoms with Gasteiger partial charge in [-0.15, -0.1) is 0 Å². The van der Waals surface area contributed by atoms with E-state index in [0.29, 0.717) is 0 Å². The molecule has 0 fully saturated rings. The van der Waals surface area contributed by atoms with Crippen LogP contribution in [0, 0.1) is 10.7 Å². The van der Waals surface area contributed by atoms with Crippen molar-refractivity contribution < 1.29 is 4.42 Å². The van der Waals surface area contributed by atoms with Crippen LogP contribution in [0.4, 0.5) is 0 Å². The lowest BCUT2D eigenvalue weighted by Crippen LogP contribution is -2.12. The first-order valence-corrected chi connectivity index (χ1v) is 6.33. The fourth-order valence-corrected chi connectivity index (χ4v) is 2.04. The summed E-state index contributed by atoms with van der Waals surface area (Å²) in [6.07, 6.45) is 0. The Morgan fingerprint density at radius 3 is 2.62 bits per heavy atom. The van der Waals surface area contributed by atoms with Crippen molar-refractivity contribution in [3.63, 3.8) is 0 Å². The van der Waals surface area contributed by atoms with Crippen molar-refractivity contribution in [3.8, 4) is 0 Å². The maximum absolute atomic E-state index is 5.48. The summed E-state index contributed by atoms with van der Waals surface area (Å²) in [6, 6.07) is 12.4. The zero-order valence-electron chi connectivity index (χ0n) is 9.16. The third kappa shape index (κ3) is 3.09. The molecule has 1 aromatic carbocycles. The Balaban J connectivity index is 1.87. The van der Waals surface area contributed by atoms with Crippen LogP contribution in [0.1, 0.15) is 16.9 Å². The van der Waals surface area contributed by atoms with Crippen molar-refractivity contribution in [3.05, 3.63) is 57.1 Å². The van der Waals surface area contributed by atoms with Crippen LogP contribution >= 0.6 is 22.6 Å². The van der Waals surface area contributed by atoms with Crippen molar-refractivity contribution in [2.24, 2.45) is 0 Å². The Morgan fingerprint density at radius 1 is 1.12 bits per heavy atom. The van der Waals surface area contributed by atoms with Crippen LogP contribution < -0.4 is 5.32 Å². The number of halogens is 1. The van der Waals surface area contributed by atoms with Gasteiger partial charge in [0.15, 0.2) is 3.77 Å². The second-order valence-corrected chi connectivity index (χ2v) is 4.80. The maximum atomic E-state index is 5.48. The van der Waals surface area contributed by atoms with Gasteiger partial charge in [-0.3, -0.25) is 0 Å². The molecule has 3 heteroatoms. The number of hydrogen-bond acceptors (Lipinski definition) is 2. The fourth-order valence-electron chi connectivity index (χ4n) is 1.58. The molecule has 2 rings (SSSR count). The Bertz CT molecular complexity index is 464. The quantitative estimate of drug-likeness (QED) is 0.870. The Kier molecular flexibility index (Phi) is 4.01. The average Bonchev–Trinajstić information content (AvgIpc) is 2.67. The van der Waals surface area contributed by atoms with Crippen molar-refractivity contribution in [2.45, 2.75) is 20.0 Å². The molecule has 0 bridgehead atoms. The number of furan rings is 1. The van der Waals surface area contributed by atoms with Crippen molar-refractivity contribution >= 4 is 22.6 Å². The molecule has 16 heavy (non-hydrogen) atoms. The first kappa shape index (κ1) is 11.7.